The van der Waals surface area contributed by atoms with Gasteiger partial charge in [0.2, 0.25) is 5.69 Å². The normalized spacial score (nSPS) is 24.9. The number of rotatable bonds is 0. The third-order valence-electron chi connectivity index (χ3n) is 6.10. The van der Waals surface area contributed by atoms with Gasteiger partial charge in [0, 0.05) is 46.5 Å². The van der Waals surface area contributed by atoms with E-state index in [4.69, 9.17) is 0 Å². The van der Waals surface area contributed by atoms with E-state index in [1.54, 1.807) is 0 Å². The number of allylic oxidation sites excluding steroid dienone is 3. The molecule has 0 aliphatic carbocycles. The van der Waals surface area contributed by atoms with E-state index in [0.717, 1.165) is 42.7 Å². The van der Waals surface area contributed by atoms with Gasteiger partial charge in [-0.3, -0.25) is 0 Å². The molecule has 0 spiro atoms. The second kappa shape index (κ2) is 7.67. The Morgan fingerprint density at radius 1 is 1.21 bits per heavy atom. The lowest BCUT2D eigenvalue weighted by atomic mass is 9.78. The molecule has 1 aromatic carbocycles. The summed E-state index contributed by atoms with van der Waals surface area (Å²) in [5, 5.41) is 13.2. The minimum atomic E-state index is 0.336. The Morgan fingerprint density at radius 3 is 2.82 bits per heavy atom. The van der Waals surface area contributed by atoms with E-state index in [9.17, 15) is 5.11 Å². The first-order valence-corrected chi connectivity index (χ1v) is 10.2. The lowest BCUT2D eigenvalue weighted by molar-refractivity contribution is -0.718. The minimum Gasteiger partial charge on any atom is -0.515 e. The van der Waals surface area contributed by atoms with Gasteiger partial charge in [-0.15, -0.1) is 0 Å². The molecule has 3 heteroatoms. The SMILES string of the molecule is C=C1CC2C(CCCC(=C/O)/C(=C/C)N1)c1ccccc1-c1ccc(C)c[n+]12. The van der Waals surface area contributed by atoms with Crippen molar-refractivity contribution >= 4 is 0 Å². The zero-order chi connectivity index (χ0) is 19.7. The van der Waals surface area contributed by atoms with Crippen LogP contribution < -0.4 is 9.88 Å². The van der Waals surface area contributed by atoms with Gasteiger partial charge in [0.15, 0.2) is 12.2 Å². The van der Waals surface area contributed by atoms with Gasteiger partial charge in [0.25, 0.3) is 0 Å². The van der Waals surface area contributed by atoms with Gasteiger partial charge >= 0.3 is 0 Å². The van der Waals surface area contributed by atoms with Crippen LogP contribution >= 0.6 is 0 Å². The van der Waals surface area contributed by atoms with Crippen LogP contribution in [0.25, 0.3) is 11.3 Å². The first kappa shape index (κ1) is 18.5. The predicted molar refractivity (Wildman–Crippen MR) is 114 cm³/mol. The fraction of sp³-hybridized carbons (Fsp3) is 0.320. The molecule has 2 aliphatic rings. The summed E-state index contributed by atoms with van der Waals surface area (Å²) in [6, 6.07) is 13.6. The van der Waals surface area contributed by atoms with Crippen molar-refractivity contribution in [3.05, 3.63) is 89.6 Å². The van der Waals surface area contributed by atoms with Crippen LogP contribution in [0.5, 0.6) is 0 Å². The molecule has 4 rings (SSSR count). The maximum atomic E-state index is 9.73. The largest absolute Gasteiger partial charge is 0.515 e. The summed E-state index contributed by atoms with van der Waals surface area (Å²) in [7, 11) is 0. The molecule has 2 aliphatic heterocycles. The molecule has 0 radical (unpaired) electrons. The molecule has 2 unspecified atom stereocenters. The van der Waals surface area contributed by atoms with Gasteiger partial charge in [0.1, 0.15) is 0 Å². The van der Waals surface area contributed by atoms with Gasteiger partial charge < -0.3 is 10.4 Å². The summed E-state index contributed by atoms with van der Waals surface area (Å²) >= 11 is 0. The second-order valence-corrected chi connectivity index (χ2v) is 7.94. The molecule has 144 valence electrons. The number of benzene rings is 1. The van der Waals surface area contributed by atoms with Crippen LogP contribution in [-0.2, 0) is 0 Å². The summed E-state index contributed by atoms with van der Waals surface area (Å²) in [4.78, 5) is 0. The van der Waals surface area contributed by atoms with E-state index in [0.29, 0.717) is 12.0 Å². The molecular weight excluding hydrogens is 344 g/mol. The van der Waals surface area contributed by atoms with Crippen molar-refractivity contribution in [2.45, 2.75) is 51.5 Å². The van der Waals surface area contributed by atoms with Crippen LogP contribution in [0.1, 0.15) is 55.7 Å². The minimum absolute atomic E-state index is 0.336. The Morgan fingerprint density at radius 2 is 2.04 bits per heavy atom. The van der Waals surface area contributed by atoms with E-state index in [-0.39, 0.29) is 0 Å². The van der Waals surface area contributed by atoms with Gasteiger partial charge in [-0.1, -0.05) is 30.9 Å². The lowest BCUT2D eigenvalue weighted by Gasteiger charge is -2.32. The van der Waals surface area contributed by atoms with Crippen molar-refractivity contribution in [3.63, 3.8) is 0 Å². The molecule has 1 fully saturated rings. The number of hydrogen-bond acceptors (Lipinski definition) is 2. The van der Waals surface area contributed by atoms with E-state index in [1.807, 2.05) is 13.0 Å². The lowest BCUT2D eigenvalue weighted by Crippen LogP contribution is -2.48. The molecular formula is C25H29N2O+. The van der Waals surface area contributed by atoms with E-state index in [1.165, 1.54) is 28.6 Å². The van der Waals surface area contributed by atoms with Gasteiger partial charge in [-0.25, -0.2) is 0 Å². The van der Waals surface area contributed by atoms with Crippen molar-refractivity contribution < 1.29 is 9.67 Å². The number of fused-ring (bicyclic) bond motifs is 6. The van der Waals surface area contributed by atoms with Crippen molar-refractivity contribution in [2.24, 2.45) is 0 Å². The Labute approximate surface area is 167 Å². The highest BCUT2D eigenvalue weighted by Gasteiger charge is 2.40. The Kier molecular flexibility index (Phi) is 5.08. The number of aliphatic hydroxyl groups is 1. The number of nitrogens with one attached hydrogen (secondary N) is 1. The van der Waals surface area contributed by atoms with Crippen molar-refractivity contribution in [1.82, 2.24) is 5.32 Å². The van der Waals surface area contributed by atoms with Gasteiger partial charge in [-0.05, 0) is 50.8 Å². The average molecular weight is 374 g/mol. The highest BCUT2D eigenvalue weighted by Crippen LogP contribution is 2.43. The maximum absolute atomic E-state index is 9.73. The Balaban J connectivity index is 1.82. The summed E-state index contributed by atoms with van der Waals surface area (Å²) in [5.41, 5.74) is 8.25. The van der Waals surface area contributed by atoms with Crippen LogP contribution in [-0.4, -0.2) is 5.11 Å². The molecule has 2 N–H and O–H groups in total. The molecule has 3 nitrogen and oxygen atoms in total. The molecule has 2 atom stereocenters. The zero-order valence-electron chi connectivity index (χ0n) is 16.8. The van der Waals surface area contributed by atoms with Crippen LogP contribution in [0.15, 0.2) is 78.5 Å². The standard InChI is InChI=1S/C25H28N2O/c1-4-23-19(16-28)8-7-11-22-20-9-5-6-10-21(20)24-13-12-17(2)15-27(24)25(22)14-18(3)26-23/h4-6,9-10,12-13,15-16,22,25-26H,3,7-8,11,14H2,1-2H3/p+1/b19-16-,23-4-. The maximum Gasteiger partial charge on any atom is 0.213 e. The molecule has 1 aromatic heterocycles. The summed E-state index contributed by atoms with van der Waals surface area (Å²) in [5.74, 6) is 0.432. The number of pyridine rings is 1. The Hall–Kier alpha value is -2.81. The van der Waals surface area contributed by atoms with Crippen molar-refractivity contribution in [1.29, 1.82) is 0 Å². The van der Waals surface area contributed by atoms with Crippen LogP contribution in [0, 0.1) is 6.92 Å². The van der Waals surface area contributed by atoms with Gasteiger partial charge in [-0.2, -0.15) is 4.57 Å². The third-order valence-corrected chi connectivity index (χ3v) is 6.10. The monoisotopic (exact) mass is 373 g/mol. The fourth-order valence-corrected chi connectivity index (χ4v) is 4.79. The van der Waals surface area contributed by atoms with E-state index >= 15 is 0 Å². The second-order valence-electron chi connectivity index (χ2n) is 7.94. The molecule has 0 bridgehead atoms. The number of aromatic nitrogens is 1. The summed E-state index contributed by atoms with van der Waals surface area (Å²) < 4.78 is 2.47. The van der Waals surface area contributed by atoms with Crippen molar-refractivity contribution in [2.75, 3.05) is 0 Å². The molecule has 0 saturated carbocycles. The molecule has 28 heavy (non-hydrogen) atoms. The predicted octanol–water partition coefficient (Wildman–Crippen LogP) is 5.61. The fourth-order valence-electron chi connectivity index (χ4n) is 4.79. The zero-order valence-corrected chi connectivity index (χ0v) is 16.8. The summed E-state index contributed by atoms with van der Waals surface area (Å²) in [6.07, 6.45) is 9.39. The highest BCUT2D eigenvalue weighted by atomic mass is 16.2. The summed E-state index contributed by atoms with van der Waals surface area (Å²) in [6.45, 7) is 8.48. The van der Waals surface area contributed by atoms with Gasteiger partial charge in [0.05, 0.1) is 6.26 Å². The van der Waals surface area contributed by atoms with E-state index < -0.39 is 0 Å². The molecule has 3 heterocycles. The topological polar surface area (TPSA) is 36.1 Å². The highest BCUT2D eigenvalue weighted by molar-refractivity contribution is 5.63. The molecule has 1 saturated heterocycles. The molecule has 0 amide bonds. The number of aryl methyl sites for hydroxylation is 1. The van der Waals surface area contributed by atoms with Crippen LogP contribution in [0.2, 0.25) is 0 Å². The van der Waals surface area contributed by atoms with E-state index in [2.05, 4.69) is 66.0 Å². The average Bonchev–Trinajstić information content (AvgIpc) is 2.71. The Bertz CT molecular complexity index is 970. The third kappa shape index (κ3) is 3.26. The molecule has 2 aromatic rings. The number of nitrogens with zero attached hydrogens (tertiary/aromatic N) is 1. The van der Waals surface area contributed by atoms with Crippen molar-refractivity contribution in [3.8, 4) is 11.3 Å². The van der Waals surface area contributed by atoms with Crippen LogP contribution in [0.4, 0.5) is 0 Å². The first-order valence-electron chi connectivity index (χ1n) is 10.2. The quantitative estimate of drug-likeness (QED) is 0.465. The number of hydrogen-bond donors (Lipinski definition) is 2. The smallest absolute Gasteiger partial charge is 0.213 e. The number of aliphatic hydroxyl groups excluding tert-OH is 1. The first-order chi connectivity index (χ1) is 13.6. The van der Waals surface area contributed by atoms with Crippen LogP contribution in [0.3, 0.4) is 0 Å².